The Labute approximate surface area is 163 Å². The first-order chi connectivity index (χ1) is 13.3. The zero-order valence-corrected chi connectivity index (χ0v) is 16.2. The molecule has 28 heavy (non-hydrogen) atoms. The van der Waals surface area contributed by atoms with Crippen LogP contribution in [0, 0.1) is 23.0 Å². The number of nitro groups is 1. The Balaban J connectivity index is 1.83. The average Bonchev–Trinajstić information content (AvgIpc) is 2.66. The van der Waals surface area contributed by atoms with Gasteiger partial charge in [-0.3, -0.25) is 19.7 Å². The van der Waals surface area contributed by atoms with E-state index in [4.69, 9.17) is 0 Å². The summed E-state index contributed by atoms with van der Waals surface area (Å²) in [5.74, 6) is -0.402. The smallest absolute Gasteiger partial charge is 0.273 e. The lowest BCUT2D eigenvalue weighted by Gasteiger charge is -2.31. The molecule has 7 nitrogen and oxygen atoms in total. The van der Waals surface area contributed by atoms with Gasteiger partial charge in [0.1, 0.15) is 0 Å². The van der Waals surface area contributed by atoms with Gasteiger partial charge in [0.25, 0.3) is 11.6 Å². The Morgan fingerprint density at radius 1 is 1.18 bits per heavy atom. The molecule has 0 aliphatic carbocycles. The molecule has 3 rings (SSSR count). The fourth-order valence-corrected chi connectivity index (χ4v) is 3.37. The maximum atomic E-state index is 12.5. The van der Waals surface area contributed by atoms with Crippen LogP contribution in [0.2, 0.25) is 0 Å². The predicted octanol–water partition coefficient (Wildman–Crippen LogP) is 4.09. The number of amides is 2. The van der Waals surface area contributed by atoms with Gasteiger partial charge in [-0.25, -0.2) is 0 Å². The summed E-state index contributed by atoms with van der Waals surface area (Å²) in [6.45, 7) is 6.09. The van der Waals surface area contributed by atoms with Gasteiger partial charge in [-0.2, -0.15) is 0 Å². The molecule has 0 bridgehead atoms. The maximum Gasteiger partial charge on any atom is 0.273 e. The zero-order valence-electron chi connectivity index (χ0n) is 16.2. The summed E-state index contributed by atoms with van der Waals surface area (Å²) in [6.07, 6.45) is 1.70. The van der Waals surface area contributed by atoms with Gasteiger partial charge in [-0.05, 0) is 49.6 Å². The van der Waals surface area contributed by atoms with Gasteiger partial charge in [0, 0.05) is 41.0 Å². The fourth-order valence-electron chi connectivity index (χ4n) is 3.37. The predicted molar refractivity (Wildman–Crippen MR) is 108 cm³/mol. The van der Waals surface area contributed by atoms with E-state index in [0.717, 1.165) is 24.1 Å². The molecule has 2 aromatic carbocycles. The molecule has 0 aromatic heterocycles. The molecule has 0 atom stereocenters. The highest BCUT2D eigenvalue weighted by Crippen LogP contribution is 2.31. The van der Waals surface area contributed by atoms with Crippen molar-refractivity contribution in [3.8, 4) is 0 Å². The second kappa shape index (κ2) is 7.80. The highest BCUT2D eigenvalue weighted by atomic mass is 16.6. The Morgan fingerprint density at radius 3 is 2.61 bits per heavy atom. The Hall–Kier alpha value is -3.22. The third-order valence-corrected chi connectivity index (χ3v) is 4.88. The van der Waals surface area contributed by atoms with Crippen LogP contribution in [-0.2, 0) is 11.2 Å². The van der Waals surface area contributed by atoms with Gasteiger partial charge in [-0.15, -0.1) is 0 Å². The third-order valence-electron chi connectivity index (χ3n) is 4.88. The van der Waals surface area contributed by atoms with Crippen molar-refractivity contribution in [2.24, 2.45) is 5.92 Å². The molecule has 0 unspecified atom stereocenters. The fraction of sp³-hybridized carbons (Fsp3) is 0.333. The number of nitro benzene ring substituents is 1. The van der Waals surface area contributed by atoms with Gasteiger partial charge in [-0.1, -0.05) is 19.9 Å². The lowest BCUT2D eigenvalue weighted by Crippen LogP contribution is -2.38. The molecule has 2 amide bonds. The van der Waals surface area contributed by atoms with Crippen molar-refractivity contribution in [2.45, 2.75) is 33.6 Å². The van der Waals surface area contributed by atoms with Gasteiger partial charge in [0.2, 0.25) is 5.91 Å². The van der Waals surface area contributed by atoms with Crippen molar-refractivity contribution in [3.05, 3.63) is 63.2 Å². The van der Waals surface area contributed by atoms with Crippen LogP contribution in [0.4, 0.5) is 17.1 Å². The number of rotatable bonds is 4. The molecule has 0 radical (unpaired) electrons. The van der Waals surface area contributed by atoms with Crippen molar-refractivity contribution < 1.29 is 14.5 Å². The Kier molecular flexibility index (Phi) is 5.44. The number of benzene rings is 2. The minimum absolute atomic E-state index is 0.0809. The second-order valence-electron chi connectivity index (χ2n) is 7.30. The molecule has 1 aliphatic heterocycles. The molecule has 1 N–H and O–H groups in total. The van der Waals surface area contributed by atoms with Gasteiger partial charge < -0.3 is 10.2 Å². The van der Waals surface area contributed by atoms with E-state index >= 15 is 0 Å². The molecule has 0 saturated heterocycles. The maximum absolute atomic E-state index is 12.5. The van der Waals surface area contributed by atoms with Crippen LogP contribution in [0.3, 0.4) is 0 Å². The van der Waals surface area contributed by atoms with Crippen LogP contribution in [0.5, 0.6) is 0 Å². The number of anilines is 2. The molecule has 0 fully saturated rings. The number of hydrogen-bond donors (Lipinski definition) is 1. The van der Waals surface area contributed by atoms with E-state index in [-0.39, 0.29) is 23.1 Å². The summed E-state index contributed by atoms with van der Waals surface area (Å²) < 4.78 is 0. The number of hydrogen-bond acceptors (Lipinski definition) is 4. The summed E-state index contributed by atoms with van der Waals surface area (Å²) in [6, 6.07) is 9.89. The molecule has 0 spiro atoms. The van der Waals surface area contributed by atoms with Crippen molar-refractivity contribution in [1.82, 2.24) is 0 Å². The van der Waals surface area contributed by atoms with Crippen LogP contribution in [-0.4, -0.2) is 23.3 Å². The first kappa shape index (κ1) is 19.5. The minimum atomic E-state index is -0.495. The van der Waals surface area contributed by atoms with Gasteiger partial charge in [0.15, 0.2) is 0 Å². The number of carbonyl (C=O) groups excluding carboxylic acids is 2. The highest BCUT2D eigenvalue weighted by Gasteiger charge is 2.24. The first-order valence-corrected chi connectivity index (χ1v) is 9.28. The minimum Gasteiger partial charge on any atom is -0.322 e. The lowest BCUT2D eigenvalue weighted by molar-refractivity contribution is -0.385. The lowest BCUT2D eigenvalue weighted by atomic mass is 9.99. The number of nitrogens with zero attached hydrogens (tertiary/aromatic N) is 2. The summed E-state index contributed by atoms with van der Waals surface area (Å²) in [5, 5.41) is 13.9. The quantitative estimate of drug-likeness (QED) is 0.638. The number of fused-ring (bicyclic) bond motifs is 1. The molecule has 0 saturated carbocycles. The number of aryl methyl sites for hydroxylation is 2. The van der Waals surface area contributed by atoms with Crippen molar-refractivity contribution >= 4 is 28.9 Å². The monoisotopic (exact) mass is 381 g/mol. The molecular formula is C21H23N3O4. The standard InChI is InChI=1S/C21H23N3O4/c1-13(2)21(26)23-10-4-5-15-11-17(8-9-18(15)23)22-20(25)16-7-6-14(3)19(12-16)24(27)28/h6-9,11-13H,4-5,10H2,1-3H3,(H,22,25). The van der Waals surface area contributed by atoms with E-state index in [1.165, 1.54) is 6.07 Å². The normalized spacial score (nSPS) is 13.2. The van der Waals surface area contributed by atoms with Gasteiger partial charge >= 0.3 is 0 Å². The molecular weight excluding hydrogens is 358 g/mol. The summed E-state index contributed by atoms with van der Waals surface area (Å²) in [7, 11) is 0. The number of carbonyl (C=O) groups is 2. The Morgan fingerprint density at radius 2 is 1.93 bits per heavy atom. The van der Waals surface area contributed by atoms with Crippen LogP contribution >= 0.6 is 0 Å². The highest BCUT2D eigenvalue weighted by molar-refractivity contribution is 6.05. The van der Waals surface area contributed by atoms with E-state index in [1.54, 1.807) is 30.0 Å². The average molecular weight is 381 g/mol. The second-order valence-corrected chi connectivity index (χ2v) is 7.30. The zero-order chi connectivity index (χ0) is 20.4. The van der Waals surface area contributed by atoms with E-state index in [2.05, 4.69) is 5.32 Å². The summed E-state index contributed by atoms with van der Waals surface area (Å²) in [4.78, 5) is 37.4. The van der Waals surface area contributed by atoms with Crippen LogP contribution in [0.15, 0.2) is 36.4 Å². The molecule has 1 heterocycles. The van der Waals surface area contributed by atoms with E-state index in [0.29, 0.717) is 17.8 Å². The third kappa shape index (κ3) is 3.88. The first-order valence-electron chi connectivity index (χ1n) is 9.28. The topological polar surface area (TPSA) is 92.6 Å². The summed E-state index contributed by atoms with van der Waals surface area (Å²) >= 11 is 0. The van der Waals surface area contributed by atoms with E-state index < -0.39 is 10.8 Å². The van der Waals surface area contributed by atoms with E-state index in [1.807, 2.05) is 26.0 Å². The van der Waals surface area contributed by atoms with Crippen LogP contribution in [0.1, 0.15) is 41.8 Å². The number of nitrogens with one attached hydrogen (secondary N) is 1. The SMILES string of the molecule is Cc1ccc(C(=O)Nc2ccc3c(c2)CCCN3C(=O)C(C)C)cc1[N+](=O)[O-]. The van der Waals surface area contributed by atoms with Crippen molar-refractivity contribution in [3.63, 3.8) is 0 Å². The Bertz CT molecular complexity index is 953. The van der Waals surface area contributed by atoms with Crippen molar-refractivity contribution in [2.75, 3.05) is 16.8 Å². The summed E-state index contributed by atoms with van der Waals surface area (Å²) in [5.41, 5.74) is 3.14. The molecule has 7 heteroatoms. The molecule has 2 aromatic rings. The largest absolute Gasteiger partial charge is 0.322 e. The van der Waals surface area contributed by atoms with E-state index in [9.17, 15) is 19.7 Å². The van der Waals surface area contributed by atoms with Crippen LogP contribution in [0.25, 0.3) is 0 Å². The van der Waals surface area contributed by atoms with Crippen LogP contribution < -0.4 is 10.2 Å². The molecule has 146 valence electrons. The molecule has 1 aliphatic rings. The van der Waals surface area contributed by atoms with Crippen molar-refractivity contribution in [1.29, 1.82) is 0 Å². The van der Waals surface area contributed by atoms with Gasteiger partial charge in [0.05, 0.1) is 4.92 Å².